The average Bonchev–Trinajstić information content (AvgIpc) is 2.87. The normalized spacial score (nSPS) is 21.0. The molecule has 110 valence electrons. The first kappa shape index (κ1) is 14.0. The summed E-state index contributed by atoms with van der Waals surface area (Å²) >= 11 is 1.60. The smallest absolute Gasteiger partial charge is 0.185 e. The van der Waals surface area contributed by atoms with Crippen LogP contribution in [-0.4, -0.2) is 49.4 Å². The summed E-state index contributed by atoms with van der Waals surface area (Å²) in [5.74, 6) is 1.05. The number of hydrogen-bond acceptors (Lipinski definition) is 5. The molecule has 0 radical (unpaired) electrons. The Bertz CT molecular complexity index is 491. The number of anilines is 1. The van der Waals surface area contributed by atoms with E-state index >= 15 is 0 Å². The number of likely N-dealkylation sites (tertiary alicyclic amines) is 1. The van der Waals surface area contributed by atoms with Crippen LogP contribution in [-0.2, 0) is 6.42 Å². The average molecular weight is 293 g/mol. The number of Topliss-reactive ketones (excluding diaryl/α,β-unsaturated/α-hetero) is 1. The van der Waals surface area contributed by atoms with Crippen LogP contribution in [0.3, 0.4) is 0 Å². The molecule has 1 aromatic heterocycles. The standard InChI is InChI=1S/C15H23N3OS/c1-17-8-6-11(7-9-17)10-18(2)15-16-12-4-3-5-13(19)14(12)20-15/h11H,3-10H2,1-2H3. The molecule has 2 aliphatic rings. The summed E-state index contributed by atoms with van der Waals surface area (Å²) in [4.78, 5) is 22.2. The van der Waals surface area contributed by atoms with Gasteiger partial charge >= 0.3 is 0 Å². The van der Waals surface area contributed by atoms with E-state index in [0.717, 1.165) is 41.0 Å². The summed E-state index contributed by atoms with van der Waals surface area (Å²) in [7, 11) is 4.31. The summed E-state index contributed by atoms with van der Waals surface area (Å²) in [6, 6.07) is 0. The Morgan fingerprint density at radius 3 is 2.80 bits per heavy atom. The summed E-state index contributed by atoms with van der Waals surface area (Å²) in [6.45, 7) is 3.46. The molecule has 3 rings (SSSR count). The highest BCUT2D eigenvalue weighted by atomic mass is 32.1. The Balaban J connectivity index is 1.65. The number of ketones is 1. The molecule has 1 aromatic rings. The first-order chi connectivity index (χ1) is 9.63. The predicted octanol–water partition coefficient (Wildman–Crippen LogP) is 2.44. The largest absolute Gasteiger partial charge is 0.351 e. The van der Waals surface area contributed by atoms with Crippen molar-refractivity contribution in [3.63, 3.8) is 0 Å². The zero-order valence-corrected chi connectivity index (χ0v) is 13.2. The maximum absolute atomic E-state index is 11.9. The van der Waals surface area contributed by atoms with Gasteiger partial charge in [0.25, 0.3) is 0 Å². The second-order valence-corrected chi connectivity index (χ2v) is 7.15. The van der Waals surface area contributed by atoms with Gasteiger partial charge in [-0.15, -0.1) is 0 Å². The Labute approximate surface area is 124 Å². The molecule has 1 aliphatic heterocycles. The minimum atomic E-state index is 0.294. The molecule has 1 fully saturated rings. The number of hydrogen-bond donors (Lipinski definition) is 0. The lowest BCUT2D eigenvalue weighted by Gasteiger charge is -2.31. The molecule has 1 aliphatic carbocycles. The fourth-order valence-electron chi connectivity index (χ4n) is 3.13. The van der Waals surface area contributed by atoms with E-state index in [1.807, 2.05) is 0 Å². The molecule has 0 N–H and O–H groups in total. The number of nitrogens with zero attached hydrogens (tertiary/aromatic N) is 3. The van der Waals surface area contributed by atoms with E-state index in [0.29, 0.717) is 12.2 Å². The molecule has 0 spiro atoms. The first-order valence-corrected chi connectivity index (χ1v) is 8.37. The van der Waals surface area contributed by atoms with E-state index in [4.69, 9.17) is 4.98 Å². The van der Waals surface area contributed by atoms with Gasteiger partial charge < -0.3 is 9.80 Å². The maximum atomic E-state index is 11.9. The minimum absolute atomic E-state index is 0.294. The number of aromatic nitrogens is 1. The fourth-order valence-corrected chi connectivity index (χ4v) is 4.18. The molecule has 0 bridgehead atoms. The molecular formula is C15H23N3OS. The highest BCUT2D eigenvalue weighted by Gasteiger charge is 2.25. The summed E-state index contributed by atoms with van der Waals surface area (Å²) in [5, 5.41) is 1.03. The first-order valence-electron chi connectivity index (χ1n) is 7.56. The van der Waals surface area contributed by atoms with Crippen LogP contribution in [0.1, 0.15) is 41.0 Å². The van der Waals surface area contributed by atoms with Crippen molar-refractivity contribution in [2.75, 3.05) is 38.6 Å². The molecule has 0 atom stereocenters. The Morgan fingerprint density at radius 1 is 1.35 bits per heavy atom. The zero-order chi connectivity index (χ0) is 14.1. The number of carbonyl (C=O) groups is 1. The van der Waals surface area contributed by atoms with Crippen molar-refractivity contribution < 1.29 is 4.79 Å². The predicted molar refractivity (Wildman–Crippen MR) is 82.9 cm³/mol. The van der Waals surface area contributed by atoms with Crippen LogP contribution in [0.5, 0.6) is 0 Å². The van der Waals surface area contributed by atoms with Crippen molar-refractivity contribution in [2.45, 2.75) is 32.1 Å². The zero-order valence-electron chi connectivity index (χ0n) is 12.4. The van der Waals surface area contributed by atoms with Crippen LogP contribution in [0.4, 0.5) is 5.13 Å². The molecular weight excluding hydrogens is 270 g/mol. The molecule has 4 nitrogen and oxygen atoms in total. The molecule has 5 heteroatoms. The fraction of sp³-hybridized carbons (Fsp3) is 0.733. The monoisotopic (exact) mass is 293 g/mol. The number of thiazole rings is 1. The van der Waals surface area contributed by atoms with Crippen LogP contribution in [0.2, 0.25) is 0 Å². The van der Waals surface area contributed by atoms with E-state index in [1.165, 1.54) is 25.9 Å². The second-order valence-electron chi connectivity index (χ2n) is 6.18. The third-order valence-corrected chi connectivity index (χ3v) is 5.71. The molecule has 2 heterocycles. The van der Waals surface area contributed by atoms with E-state index in [9.17, 15) is 4.79 Å². The van der Waals surface area contributed by atoms with Gasteiger partial charge in [-0.3, -0.25) is 4.79 Å². The number of carbonyl (C=O) groups excluding carboxylic acids is 1. The Hall–Kier alpha value is -0.940. The van der Waals surface area contributed by atoms with Gasteiger partial charge in [0.2, 0.25) is 0 Å². The van der Waals surface area contributed by atoms with Gasteiger partial charge in [-0.05, 0) is 51.7 Å². The minimum Gasteiger partial charge on any atom is -0.351 e. The van der Waals surface area contributed by atoms with E-state index in [-0.39, 0.29) is 0 Å². The maximum Gasteiger partial charge on any atom is 0.185 e. The van der Waals surface area contributed by atoms with Crippen LogP contribution in [0.25, 0.3) is 0 Å². The third-order valence-electron chi connectivity index (χ3n) is 4.45. The third kappa shape index (κ3) is 2.88. The van der Waals surface area contributed by atoms with Gasteiger partial charge in [-0.1, -0.05) is 11.3 Å². The highest BCUT2D eigenvalue weighted by Crippen LogP contribution is 2.32. The molecule has 1 saturated heterocycles. The van der Waals surface area contributed by atoms with Gasteiger partial charge in [-0.25, -0.2) is 4.98 Å². The highest BCUT2D eigenvalue weighted by molar-refractivity contribution is 7.17. The number of fused-ring (bicyclic) bond motifs is 1. The van der Waals surface area contributed by atoms with E-state index < -0.39 is 0 Å². The van der Waals surface area contributed by atoms with Crippen molar-refractivity contribution in [1.82, 2.24) is 9.88 Å². The Morgan fingerprint density at radius 2 is 2.10 bits per heavy atom. The van der Waals surface area contributed by atoms with Gasteiger partial charge in [0.05, 0.1) is 10.6 Å². The number of aryl methyl sites for hydroxylation is 1. The second kappa shape index (κ2) is 5.82. The van der Waals surface area contributed by atoms with Crippen LogP contribution in [0.15, 0.2) is 0 Å². The quantitative estimate of drug-likeness (QED) is 0.857. The van der Waals surface area contributed by atoms with Gasteiger partial charge in [0.1, 0.15) is 0 Å². The van der Waals surface area contributed by atoms with Crippen molar-refractivity contribution in [1.29, 1.82) is 0 Å². The van der Waals surface area contributed by atoms with E-state index in [2.05, 4.69) is 23.9 Å². The Kier molecular flexibility index (Phi) is 4.08. The summed E-state index contributed by atoms with van der Waals surface area (Å²) < 4.78 is 0. The summed E-state index contributed by atoms with van der Waals surface area (Å²) in [6.07, 6.45) is 5.18. The number of piperidine rings is 1. The lowest BCUT2D eigenvalue weighted by atomic mass is 9.97. The lowest BCUT2D eigenvalue weighted by molar-refractivity contribution is 0.0976. The molecule has 0 amide bonds. The molecule has 0 unspecified atom stereocenters. The number of rotatable bonds is 3. The molecule has 0 aromatic carbocycles. The topological polar surface area (TPSA) is 36.4 Å². The lowest BCUT2D eigenvalue weighted by Crippen LogP contribution is -2.35. The van der Waals surface area contributed by atoms with Crippen molar-refractivity contribution in [3.8, 4) is 0 Å². The van der Waals surface area contributed by atoms with Crippen LogP contribution >= 0.6 is 11.3 Å². The summed E-state index contributed by atoms with van der Waals surface area (Å²) in [5.41, 5.74) is 1.04. The molecule has 0 saturated carbocycles. The van der Waals surface area contributed by atoms with Gasteiger partial charge in [0, 0.05) is 20.0 Å². The van der Waals surface area contributed by atoms with Crippen LogP contribution < -0.4 is 4.90 Å². The van der Waals surface area contributed by atoms with Crippen molar-refractivity contribution in [2.24, 2.45) is 5.92 Å². The van der Waals surface area contributed by atoms with Gasteiger partial charge in [-0.2, -0.15) is 0 Å². The van der Waals surface area contributed by atoms with Crippen LogP contribution in [0, 0.1) is 5.92 Å². The van der Waals surface area contributed by atoms with Crippen molar-refractivity contribution >= 4 is 22.3 Å². The van der Waals surface area contributed by atoms with Crippen molar-refractivity contribution in [3.05, 3.63) is 10.6 Å². The van der Waals surface area contributed by atoms with Gasteiger partial charge in [0.15, 0.2) is 10.9 Å². The molecule has 20 heavy (non-hydrogen) atoms. The van der Waals surface area contributed by atoms with E-state index in [1.54, 1.807) is 11.3 Å². The SMILES string of the molecule is CN1CCC(CN(C)c2nc3c(s2)C(=O)CCC3)CC1.